The number of rotatable bonds is 15. The van der Waals surface area contributed by atoms with Crippen molar-refractivity contribution >= 4 is 33.9 Å². The number of morpholine rings is 1. The van der Waals surface area contributed by atoms with Crippen LogP contribution in [0.1, 0.15) is 32.8 Å². The van der Waals surface area contributed by atoms with Crippen LogP contribution in [0.15, 0.2) is 41.8 Å². The van der Waals surface area contributed by atoms with Crippen molar-refractivity contribution in [1.29, 1.82) is 0 Å². The molecule has 1 heterocycles. The minimum atomic E-state index is -3.73. The average Bonchev–Trinajstić information content (AvgIpc) is 2.94. The van der Waals surface area contributed by atoms with Gasteiger partial charge >= 0.3 is 12.1 Å². The minimum Gasteiger partial charge on any atom is -0.481 e. The van der Waals surface area contributed by atoms with Crippen molar-refractivity contribution < 1.29 is 42.2 Å². The maximum atomic E-state index is 12.6. The molecule has 4 unspecified atom stereocenters. The number of amides is 3. The summed E-state index contributed by atoms with van der Waals surface area (Å²) in [6.45, 7) is 5.76. The number of aliphatic carboxylic acids is 1. The van der Waals surface area contributed by atoms with Crippen molar-refractivity contribution in [3.63, 3.8) is 0 Å². The van der Waals surface area contributed by atoms with Crippen molar-refractivity contribution in [2.75, 3.05) is 32.8 Å². The van der Waals surface area contributed by atoms with Crippen molar-refractivity contribution in [2.24, 2.45) is 0 Å². The van der Waals surface area contributed by atoms with E-state index < -0.39 is 58.1 Å². The first-order valence-electron chi connectivity index (χ1n) is 13.2. The Labute approximate surface area is 239 Å². The fraction of sp³-hybridized carbons (Fsp3) is 0.538. The van der Waals surface area contributed by atoms with Crippen molar-refractivity contribution in [2.45, 2.75) is 58.0 Å². The van der Waals surface area contributed by atoms with Gasteiger partial charge in [0.15, 0.2) is 0 Å². The Kier molecular flexibility index (Phi) is 13.7. The number of nitrogens with one attached hydrogen (secondary N) is 4. The van der Waals surface area contributed by atoms with Crippen LogP contribution < -0.4 is 21.3 Å². The first kappa shape index (κ1) is 33.7. The molecule has 1 aliphatic rings. The molecule has 228 valence electrons. The van der Waals surface area contributed by atoms with Crippen molar-refractivity contribution in [3.05, 3.63) is 47.4 Å². The van der Waals surface area contributed by atoms with Crippen molar-refractivity contribution in [1.82, 2.24) is 25.6 Å². The quantitative estimate of drug-likeness (QED) is 0.183. The minimum absolute atomic E-state index is 0.0402. The first-order chi connectivity index (χ1) is 19.4. The van der Waals surface area contributed by atoms with Crippen LogP contribution in [-0.4, -0.2) is 98.7 Å². The van der Waals surface area contributed by atoms with E-state index in [0.29, 0.717) is 0 Å². The molecule has 1 saturated heterocycles. The molecule has 1 aromatic carbocycles. The summed E-state index contributed by atoms with van der Waals surface area (Å²) in [7, 11) is -3.73. The van der Waals surface area contributed by atoms with E-state index in [2.05, 4.69) is 21.3 Å². The summed E-state index contributed by atoms with van der Waals surface area (Å²) in [5.74, 6) is -2.23. The number of sulfonamides is 1. The number of ether oxygens (including phenoxy) is 2. The van der Waals surface area contributed by atoms with E-state index in [-0.39, 0.29) is 45.9 Å². The number of carbonyl (C=O) groups excluding carboxylic acids is 3. The van der Waals surface area contributed by atoms with Gasteiger partial charge in [-0.25, -0.2) is 13.2 Å². The molecule has 1 aliphatic heterocycles. The Balaban J connectivity index is 1.79. The maximum absolute atomic E-state index is 12.6. The summed E-state index contributed by atoms with van der Waals surface area (Å²) in [5.41, 5.74) is 0.789. The Bertz CT molecular complexity index is 1160. The van der Waals surface area contributed by atoms with E-state index in [1.54, 1.807) is 19.1 Å². The standard InChI is InChI=1S/C26H39N5O9S/c1-18(16-27-22(15-23(32)33)9-14-41(37,38)31-10-12-39-13-11-31)28-24(34)19(2)29-25(35)20(3)30-26(36)40-17-21-7-5-4-6-8-21/h4-9,14,18-20,22,27H,10-13,15-17H2,1-3H3,(H,28,34)(H,29,35)(H,30,36)(H,32,33). The van der Waals surface area contributed by atoms with E-state index >= 15 is 0 Å². The highest BCUT2D eigenvalue weighted by Gasteiger charge is 2.24. The Morgan fingerprint density at radius 2 is 1.61 bits per heavy atom. The fourth-order valence-corrected chi connectivity index (χ4v) is 4.85. The van der Waals surface area contributed by atoms with Gasteiger partial charge in [-0.3, -0.25) is 14.4 Å². The lowest BCUT2D eigenvalue weighted by molar-refractivity contribution is -0.137. The molecule has 14 nitrogen and oxygen atoms in total. The van der Waals surface area contributed by atoms with Crippen LogP contribution in [0.5, 0.6) is 0 Å². The van der Waals surface area contributed by atoms with Gasteiger partial charge in [0.2, 0.25) is 21.8 Å². The lowest BCUT2D eigenvalue weighted by atomic mass is 10.2. The SMILES string of the molecule is CC(CNC(C=CS(=O)(=O)N1CCOCC1)CC(=O)O)NC(=O)C(C)NC(=O)C(C)NC(=O)OCc1ccccc1. The van der Waals surface area contributed by atoms with Gasteiger partial charge < -0.3 is 35.8 Å². The normalized spacial score (nSPS) is 17.1. The lowest BCUT2D eigenvalue weighted by Crippen LogP contribution is -2.54. The van der Waals surface area contributed by atoms with Gasteiger partial charge in [-0.1, -0.05) is 36.4 Å². The maximum Gasteiger partial charge on any atom is 0.408 e. The van der Waals surface area contributed by atoms with Crippen LogP contribution in [0, 0.1) is 0 Å². The Morgan fingerprint density at radius 3 is 2.24 bits per heavy atom. The fourth-order valence-electron chi connectivity index (χ4n) is 3.64. The number of benzene rings is 1. The van der Waals surface area contributed by atoms with Gasteiger partial charge in [-0.05, 0) is 26.3 Å². The van der Waals surface area contributed by atoms with Gasteiger partial charge in [0.1, 0.15) is 18.7 Å². The van der Waals surface area contributed by atoms with Crippen LogP contribution in [0.25, 0.3) is 0 Å². The Morgan fingerprint density at radius 1 is 1.00 bits per heavy atom. The van der Waals surface area contributed by atoms with E-state index in [0.717, 1.165) is 11.0 Å². The Hall–Kier alpha value is -3.53. The van der Waals surface area contributed by atoms with Gasteiger partial charge in [-0.2, -0.15) is 4.31 Å². The molecule has 0 aliphatic carbocycles. The highest BCUT2D eigenvalue weighted by Crippen LogP contribution is 2.08. The summed E-state index contributed by atoms with van der Waals surface area (Å²) in [4.78, 5) is 48.3. The van der Waals surface area contributed by atoms with Gasteiger partial charge in [0, 0.05) is 37.1 Å². The second-order valence-electron chi connectivity index (χ2n) is 9.57. The van der Waals surface area contributed by atoms with Crippen LogP contribution in [0.2, 0.25) is 0 Å². The second-order valence-corrected chi connectivity index (χ2v) is 11.4. The summed E-state index contributed by atoms with van der Waals surface area (Å²) in [6, 6.07) is 5.82. The molecule has 5 N–H and O–H groups in total. The number of carboxylic acid groups (broad SMARTS) is 1. The summed E-state index contributed by atoms with van der Waals surface area (Å²) in [5, 5.41) is 20.7. The number of hydrogen-bond donors (Lipinski definition) is 5. The topological polar surface area (TPSA) is 192 Å². The number of hydrogen-bond acceptors (Lipinski definition) is 9. The van der Waals surface area contributed by atoms with Crippen LogP contribution >= 0.6 is 0 Å². The molecule has 0 spiro atoms. The number of nitrogens with zero attached hydrogens (tertiary/aromatic N) is 1. The third kappa shape index (κ3) is 12.7. The molecule has 1 fully saturated rings. The molecule has 0 bridgehead atoms. The smallest absolute Gasteiger partial charge is 0.408 e. The van der Waals surface area contributed by atoms with E-state index in [9.17, 15) is 32.7 Å². The lowest BCUT2D eigenvalue weighted by Gasteiger charge is -2.25. The molecule has 0 radical (unpaired) electrons. The van der Waals surface area contributed by atoms with Crippen LogP contribution in [0.3, 0.4) is 0 Å². The second kappa shape index (κ2) is 16.7. The van der Waals surface area contributed by atoms with E-state index in [1.807, 2.05) is 18.2 Å². The van der Waals surface area contributed by atoms with Gasteiger partial charge in [0.05, 0.1) is 19.6 Å². The van der Waals surface area contributed by atoms with Gasteiger partial charge in [0.25, 0.3) is 0 Å². The molecular formula is C26H39N5O9S. The molecular weight excluding hydrogens is 558 g/mol. The molecule has 2 rings (SSSR count). The predicted molar refractivity (Wildman–Crippen MR) is 149 cm³/mol. The monoisotopic (exact) mass is 597 g/mol. The average molecular weight is 598 g/mol. The largest absolute Gasteiger partial charge is 0.481 e. The highest BCUT2D eigenvalue weighted by molar-refractivity contribution is 7.92. The molecule has 3 amide bonds. The molecule has 41 heavy (non-hydrogen) atoms. The third-order valence-electron chi connectivity index (χ3n) is 5.97. The number of carbonyl (C=O) groups is 4. The number of carboxylic acids is 1. The molecule has 0 saturated carbocycles. The molecule has 1 aromatic rings. The highest BCUT2D eigenvalue weighted by atomic mass is 32.2. The zero-order chi connectivity index (χ0) is 30.4. The predicted octanol–water partition coefficient (Wildman–Crippen LogP) is -0.0807. The zero-order valence-corrected chi connectivity index (χ0v) is 24.2. The summed E-state index contributed by atoms with van der Waals surface area (Å²) >= 11 is 0. The summed E-state index contributed by atoms with van der Waals surface area (Å²) < 4.78 is 36.5. The van der Waals surface area contributed by atoms with Gasteiger partial charge in [-0.15, -0.1) is 0 Å². The van der Waals surface area contributed by atoms with E-state index in [4.69, 9.17) is 9.47 Å². The van der Waals surface area contributed by atoms with Crippen LogP contribution in [0.4, 0.5) is 4.79 Å². The molecule has 4 atom stereocenters. The molecule has 15 heteroatoms. The van der Waals surface area contributed by atoms with E-state index in [1.165, 1.54) is 24.2 Å². The van der Waals surface area contributed by atoms with Crippen LogP contribution in [-0.2, 0) is 40.5 Å². The van der Waals surface area contributed by atoms with Crippen molar-refractivity contribution in [3.8, 4) is 0 Å². The third-order valence-corrected chi connectivity index (χ3v) is 7.56. The zero-order valence-electron chi connectivity index (χ0n) is 23.4. The summed E-state index contributed by atoms with van der Waals surface area (Å²) in [6.07, 6.45) is 0.118. The first-order valence-corrected chi connectivity index (χ1v) is 14.7. The number of alkyl carbamates (subject to hydrolysis) is 1. The molecule has 0 aromatic heterocycles.